The number of aryl methyl sites for hydroxylation is 1. The molecule has 1 aliphatic carbocycles. The number of fused-ring (bicyclic) bond motifs is 1. The lowest BCUT2D eigenvalue weighted by Crippen LogP contribution is -2.39. The third kappa shape index (κ3) is 3.78. The van der Waals surface area contributed by atoms with Crippen molar-refractivity contribution in [3.8, 4) is 10.8 Å². The zero-order valence-electron chi connectivity index (χ0n) is 13.4. The monoisotopic (exact) mass is 366 g/mol. The van der Waals surface area contributed by atoms with Gasteiger partial charge in [0.05, 0.1) is 10.1 Å². The number of rotatable bonds is 4. The van der Waals surface area contributed by atoms with Gasteiger partial charge < -0.3 is 10.2 Å². The van der Waals surface area contributed by atoms with E-state index in [4.69, 9.17) is 10.2 Å². The molecule has 2 aromatic heterocycles. The van der Waals surface area contributed by atoms with Crippen LogP contribution in [-0.4, -0.2) is 27.4 Å². The van der Waals surface area contributed by atoms with E-state index in [1.165, 1.54) is 16.9 Å². The van der Waals surface area contributed by atoms with E-state index in [0.29, 0.717) is 11.8 Å². The predicted molar refractivity (Wildman–Crippen MR) is 91.8 cm³/mol. The molecule has 1 aliphatic rings. The minimum Gasteiger partial charge on any atom is -0.410 e. The molecule has 0 bridgehead atoms. The van der Waals surface area contributed by atoms with Gasteiger partial charge >= 0.3 is 6.03 Å². The zero-order valence-corrected chi connectivity index (χ0v) is 15.0. The van der Waals surface area contributed by atoms with E-state index in [2.05, 4.69) is 23.2 Å². The fourth-order valence-electron chi connectivity index (χ4n) is 2.60. The molecule has 0 aliphatic heterocycles. The Labute approximate surface area is 147 Å². The van der Waals surface area contributed by atoms with E-state index in [1.807, 2.05) is 5.32 Å². The van der Waals surface area contributed by atoms with Gasteiger partial charge in [0.1, 0.15) is 0 Å². The van der Waals surface area contributed by atoms with Crippen LogP contribution in [0.3, 0.4) is 0 Å². The first-order valence-electron chi connectivity index (χ1n) is 7.64. The summed E-state index contributed by atoms with van der Waals surface area (Å²) in [7, 11) is 0. The Hall–Kier alpha value is -1.87. The second kappa shape index (κ2) is 6.94. The third-order valence-electron chi connectivity index (χ3n) is 3.84. The molecule has 3 rings (SSSR count). The van der Waals surface area contributed by atoms with Gasteiger partial charge in [-0.2, -0.15) is 0 Å². The fraction of sp³-hybridized carbons (Fsp3) is 0.467. The Kier molecular flexibility index (Phi) is 4.91. The molecule has 0 fully saturated rings. The van der Waals surface area contributed by atoms with Crippen LogP contribution >= 0.6 is 23.1 Å². The first-order valence-corrected chi connectivity index (χ1v) is 9.34. The smallest absolute Gasteiger partial charge is 0.318 e. The second-order valence-corrected chi connectivity index (χ2v) is 8.32. The molecule has 3 N–H and O–H groups in total. The van der Waals surface area contributed by atoms with Crippen molar-refractivity contribution in [1.82, 2.24) is 15.5 Å². The highest BCUT2D eigenvalue weighted by molar-refractivity contribution is 8.00. The topological polar surface area (TPSA) is 111 Å². The number of urea groups is 1. The van der Waals surface area contributed by atoms with E-state index in [9.17, 15) is 9.59 Å². The van der Waals surface area contributed by atoms with E-state index < -0.39 is 17.2 Å². The van der Waals surface area contributed by atoms with Gasteiger partial charge in [0.2, 0.25) is 5.91 Å². The van der Waals surface area contributed by atoms with Gasteiger partial charge in [-0.3, -0.25) is 10.1 Å². The number of hydrogen-bond acceptors (Lipinski definition) is 7. The molecule has 0 saturated carbocycles. The predicted octanol–water partition coefficient (Wildman–Crippen LogP) is 2.60. The maximum Gasteiger partial charge on any atom is 0.318 e. The van der Waals surface area contributed by atoms with Gasteiger partial charge in [0.15, 0.2) is 0 Å². The molecule has 0 unspecified atom stereocenters. The molecule has 2 atom stereocenters. The summed E-state index contributed by atoms with van der Waals surface area (Å²) in [6, 6.07) is 1.25. The third-order valence-corrected chi connectivity index (χ3v) is 6.00. The van der Waals surface area contributed by atoms with Gasteiger partial charge in [0, 0.05) is 4.88 Å². The SMILES string of the molecule is C[C@@H]1CCc2sc(-c3nnc(S[C@H](C)C(=O)NC(N)=O)o3)cc2C1. The highest BCUT2D eigenvalue weighted by Gasteiger charge is 2.23. The summed E-state index contributed by atoms with van der Waals surface area (Å²) >= 11 is 2.78. The number of hydrogen-bond donors (Lipinski definition) is 2. The number of imide groups is 1. The van der Waals surface area contributed by atoms with Crippen LogP contribution < -0.4 is 11.1 Å². The molecule has 0 spiro atoms. The summed E-state index contributed by atoms with van der Waals surface area (Å²) in [5.74, 6) is 0.679. The van der Waals surface area contributed by atoms with Crippen molar-refractivity contribution >= 4 is 35.0 Å². The zero-order chi connectivity index (χ0) is 17.3. The van der Waals surface area contributed by atoms with Crippen LogP contribution in [0.5, 0.6) is 0 Å². The summed E-state index contributed by atoms with van der Waals surface area (Å²) in [6.45, 7) is 3.90. The Morgan fingerprint density at radius 2 is 2.29 bits per heavy atom. The standard InChI is InChI=1S/C15H18N4O3S2/c1-7-3-4-10-9(5-7)6-11(24-10)13-18-19-15(22-13)23-8(2)12(20)17-14(16)21/h6-8H,3-5H2,1-2H3,(H3,16,17,20,21)/t7-,8-/m1/s1. The fourth-order valence-corrected chi connectivity index (χ4v) is 4.41. The number of thiophene rings is 1. The summed E-state index contributed by atoms with van der Waals surface area (Å²) in [6.07, 6.45) is 3.40. The van der Waals surface area contributed by atoms with Crippen molar-refractivity contribution in [1.29, 1.82) is 0 Å². The number of carbonyl (C=O) groups excluding carboxylic acids is 2. The molecule has 9 heteroatoms. The highest BCUT2D eigenvalue weighted by atomic mass is 32.2. The largest absolute Gasteiger partial charge is 0.410 e. The van der Waals surface area contributed by atoms with Gasteiger partial charge in [-0.15, -0.1) is 21.5 Å². The lowest BCUT2D eigenvalue weighted by molar-refractivity contribution is -0.119. The van der Waals surface area contributed by atoms with Crippen LogP contribution in [0.15, 0.2) is 15.7 Å². The van der Waals surface area contributed by atoms with Crippen molar-refractivity contribution in [2.24, 2.45) is 11.7 Å². The molecule has 2 aromatic rings. The number of nitrogens with one attached hydrogen (secondary N) is 1. The van der Waals surface area contributed by atoms with Crippen LogP contribution in [0, 0.1) is 5.92 Å². The van der Waals surface area contributed by atoms with Gasteiger partial charge in [-0.05, 0) is 43.7 Å². The Balaban J connectivity index is 1.70. The number of primary amides is 1. The van der Waals surface area contributed by atoms with E-state index >= 15 is 0 Å². The quantitative estimate of drug-likeness (QED) is 0.805. The lowest BCUT2D eigenvalue weighted by Gasteiger charge is -2.16. The minimum absolute atomic E-state index is 0.289. The van der Waals surface area contributed by atoms with E-state index in [1.54, 1.807) is 18.3 Å². The Morgan fingerprint density at radius 1 is 1.50 bits per heavy atom. The van der Waals surface area contributed by atoms with Crippen molar-refractivity contribution in [2.45, 2.75) is 43.6 Å². The molecule has 0 aromatic carbocycles. The Morgan fingerprint density at radius 3 is 3.04 bits per heavy atom. The van der Waals surface area contributed by atoms with Crippen LogP contribution in [-0.2, 0) is 17.6 Å². The number of carbonyl (C=O) groups is 2. The Bertz CT molecular complexity index is 771. The molecule has 7 nitrogen and oxygen atoms in total. The average Bonchev–Trinajstić information content (AvgIpc) is 3.12. The van der Waals surface area contributed by atoms with Gasteiger partial charge in [-0.25, -0.2) is 4.79 Å². The number of thioether (sulfide) groups is 1. The number of aromatic nitrogens is 2. The van der Waals surface area contributed by atoms with E-state index in [-0.39, 0.29) is 5.22 Å². The summed E-state index contributed by atoms with van der Waals surface area (Å²) in [5.41, 5.74) is 6.30. The molecule has 128 valence electrons. The van der Waals surface area contributed by atoms with Crippen LogP contribution in [0.2, 0.25) is 0 Å². The molecule has 24 heavy (non-hydrogen) atoms. The minimum atomic E-state index is -0.878. The van der Waals surface area contributed by atoms with Crippen LogP contribution in [0.4, 0.5) is 4.79 Å². The molecule has 0 radical (unpaired) electrons. The second-order valence-electron chi connectivity index (χ2n) is 5.89. The lowest BCUT2D eigenvalue weighted by atomic mass is 9.90. The van der Waals surface area contributed by atoms with Crippen molar-refractivity contribution in [2.75, 3.05) is 0 Å². The van der Waals surface area contributed by atoms with E-state index in [0.717, 1.165) is 29.5 Å². The van der Waals surface area contributed by atoms with Gasteiger partial charge in [0.25, 0.3) is 11.1 Å². The van der Waals surface area contributed by atoms with Crippen molar-refractivity contribution < 1.29 is 14.0 Å². The van der Waals surface area contributed by atoms with Gasteiger partial charge in [-0.1, -0.05) is 18.7 Å². The summed E-state index contributed by atoms with van der Waals surface area (Å²) in [5, 5.41) is 9.80. The van der Waals surface area contributed by atoms with Crippen LogP contribution in [0.25, 0.3) is 10.8 Å². The first kappa shape index (κ1) is 17.0. The maximum atomic E-state index is 11.7. The van der Waals surface area contributed by atoms with Crippen molar-refractivity contribution in [3.05, 3.63) is 16.5 Å². The molecular weight excluding hydrogens is 348 g/mol. The summed E-state index contributed by atoms with van der Waals surface area (Å²) in [4.78, 5) is 24.7. The number of nitrogens with two attached hydrogens (primary N) is 1. The number of amides is 3. The van der Waals surface area contributed by atoms with Crippen LogP contribution in [0.1, 0.15) is 30.7 Å². The number of nitrogens with zero attached hydrogens (tertiary/aromatic N) is 2. The average molecular weight is 366 g/mol. The first-order chi connectivity index (χ1) is 11.4. The van der Waals surface area contributed by atoms with Crippen molar-refractivity contribution in [3.63, 3.8) is 0 Å². The molecule has 3 amide bonds. The highest BCUT2D eigenvalue weighted by Crippen LogP contribution is 2.37. The molecular formula is C15H18N4O3S2. The summed E-state index contributed by atoms with van der Waals surface area (Å²) < 4.78 is 5.66. The molecule has 2 heterocycles. The maximum absolute atomic E-state index is 11.7. The molecule has 0 saturated heterocycles. The normalized spacial score (nSPS) is 18.0.